The predicted octanol–water partition coefficient (Wildman–Crippen LogP) is 1.93. The molecule has 0 radical (unpaired) electrons. The van der Waals surface area contributed by atoms with E-state index in [2.05, 4.69) is 39.6 Å². The van der Waals surface area contributed by atoms with Crippen molar-refractivity contribution in [3.05, 3.63) is 48.0 Å². The molecule has 2 fully saturated rings. The molecule has 1 saturated heterocycles. The average Bonchev–Trinajstić information content (AvgIpc) is 3.18. The first kappa shape index (κ1) is 14.4. The molecule has 1 saturated carbocycles. The van der Waals surface area contributed by atoms with Crippen molar-refractivity contribution in [2.24, 2.45) is 11.0 Å². The van der Waals surface area contributed by atoms with E-state index in [0.717, 1.165) is 23.8 Å². The van der Waals surface area contributed by atoms with Gasteiger partial charge in [0.1, 0.15) is 6.04 Å². The highest BCUT2D eigenvalue weighted by atomic mass is 16.2. The van der Waals surface area contributed by atoms with Crippen LogP contribution in [0.4, 0.5) is 0 Å². The largest absolute Gasteiger partial charge is 0.271 e. The lowest BCUT2D eigenvalue weighted by Crippen LogP contribution is -2.44. The van der Waals surface area contributed by atoms with Crippen molar-refractivity contribution >= 4 is 22.9 Å². The summed E-state index contributed by atoms with van der Waals surface area (Å²) >= 11 is 0. The zero-order valence-corrected chi connectivity index (χ0v) is 12.8. The molecule has 1 aliphatic carbocycles. The number of nitrogens with zero attached hydrogens (tertiary/aromatic N) is 1. The Labute approximate surface area is 135 Å². The summed E-state index contributed by atoms with van der Waals surface area (Å²) in [6.45, 7) is 0. The second-order valence-electron chi connectivity index (χ2n) is 6.27. The van der Waals surface area contributed by atoms with Crippen molar-refractivity contribution in [3.63, 3.8) is 0 Å². The standard InChI is InChI=1S/C18H20N4O/c23-18(17-15-9-4-10-16(15)20-21-17)22-19-11-13-7-3-6-12-5-1-2-8-14(12)13/h1-3,5-8,11,15-17,20-21H,4,9-10H2,(H,22,23)/b19-11+. The molecule has 0 spiro atoms. The molecule has 2 aromatic rings. The van der Waals surface area contributed by atoms with Crippen molar-refractivity contribution in [1.82, 2.24) is 16.3 Å². The molecule has 4 rings (SSSR count). The maximum Gasteiger partial charge on any atom is 0.258 e. The molecule has 2 aliphatic rings. The third-order valence-corrected chi connectivity index (χ3v) is 4.91. The first-order valence-corrected chi connectivity index (χ1v) is 8.15. The highest BCUT2D eigenvalue weighted by Crippen LogP contribution is 2.31. The van der Waals surface area contributed by atoms with E-state index in [0.29, 0.717) is 12.0 Å². The van der Waals surface area contributed by atoms with Crippen LogP contribution in [0.15, 0.2) is 47.6 Å². The van der Waals surface area contributed by atoms with Crippen molar-refractivity contribution in [3.8, 4) is 0 Å². The van der Waals surface area contributed by atoms with Crippen LogP contribution in [0.2, 0.25) is 0 Å². The number of carbonyl (C=O) groups excluding carboxylic acids is 1. The van der Waals surface area contributed by atoms with Gasteiger partial charge in [-0.1, -0.05) is 48.9 Å². The van der Waals surface area contributed by atoms with Gasteiger partial charge < -0.3 is 0 Å². The predicted molar refractivity (Wildman–Crippen MR) is 90.9 cm³/mol. The van der Waals surface area contributed by atoms with E-state index in [1.807, 2.05) is 24.3 Å². The van der Waals surface area contributed by atoms with Crippen molar-refractivity contribution < 1.29 is 4.79 Å². The zero-order chi connectivity index (χ0) is 15.6. The lowest BCUT2D eigenvalue weighted by molar-refractivity contribution is -0.123. The third kappa shape index (κ3) is 2.73. The van der Waals surface area contributed by atoms with Crippen LogP contribution in [-0.2, 0) is 4.79 Å². The summed E-state index contributed by atoms with van der Waals surface area (Å²) in [7, 11) is 0. The van der Waals surface area contributed by atoms with Crippen LogP contribution in [0.5, 0.6) is 0 Å². The Morgan fingerprint density at radius 3 is 2.96 bits per heavy atom. The number of benzene rings is 2. The Kier molecular flexibility index (Phi) is 3.81. The second-order valence-corrected chi connectivity index (χ2v) is 6.27. The van der Waals surface area contributed by atoms with E-state index < -0.39 is 0 Å². The number of fused-ring (bicyclic) bond motifs is 2. The van der Waals surface area contributed by atoms with Gasteiger partial charge in [0.25, 0.3) is 5.91 Å². The van der Waals surface area contributed by atoms with Crippen LogP contribution in [0.3, 0.4) is 0 Å². The molecule has 5 heteroatoms. The minimum absolute atomic E-state index is 0.0663. The lowest BCUT2D eigenvalue weighted by atomic mass is 9.97. The number of hydrazone groups is 1. The molecule has 118 valence electrons. The number of amides is 1. The highest BCUT2D eigenvalue weighted by Gasteiger charge is 2.42. The number of hydrogen-bond donors (Lipinski definition) is 3. The average molecular weight is 308 g/mol. The van der Waals surface area contributed by atoms with Crippen LogP contribution >= 0.6 is 0 Å². The highest BCUT2D eigenvalue weighted by molar-refractivity contribution is 6.00. The number of carbonyl (C=O) groups is 1. The van der Waals surface area contributed by atoms with Gasteiger partial charge in [0, 0.05) is 17.5 Å². The Hall–Kier alpha value is -2.24. The van der Waals surface area contributed by atoms with Gasteiger partial charge in [-0.15, -0.1) is 0 Å². The Morgan fingerprint density at radius 1 is 1.13 bits per heavy atom. The second kappa shape index (κ2) is 6.10. The van der Waals surface area contributed by atoms with E-state index in [1.165, 1.54) is 11.8 Å². The molecule has 3 unspecified atom stereocenters. The summed E-state index contributed by atoms with van der Waals surface area (Å²) < 4.78 is 0. The molecule has 1 aliphatic heterocycles. The molecule has 0 aromatic heterocycles. The SMILES string of the molecule is O=C(N/N=C/c1cccc2ccccc12)C1NNC2CCCC21. The fourth-order valence-corrected chi connectivity index (χ4v) is 3.73. The Balaban J connectivity index is 1.46. The van der Waals surface area contributed by atoms with Gasteiger partial charge in [-0.05, 0) is 23.6 Å². The minimum atomic E-state index is -0.188. The smallest absolute Gasteiger partial charge is 0.258 e. The van der Waals surface area contributed by atoms with E-state index in [4.69, 9.17) is 0 Å². The monoisotopic (exact) mass is 308 g/mol. The van der Waals surface area contributed by atoms with Crippen molar-refractivity contribution in [2.75, 3.05) is 0 Å². The van der Waals surface area contributed by atoms with E-state index in [9.17, 15) is 4.79 Å². The van der Waals surface area contributed by atoms with E-state index in [1.54, 1.807) is 6.21 Å². The van der Waals surface area contributed by atoms with Crippen LogP contribution in [0.25, 0.3) is 10.8 Å². The zero-order valence-electron chi connectivity index (χ0n) is 12.8. The molecule has 2 aromatic carbocycles. The van der Waals surface area contributed by atoms with Crippen LogP contribution < -0.4 is 16.3 Å². The van der Waals surface area contributed by atoms with Gasteiger partial charge in [0.2, 0.25) is 0 Å². The maximum absolute atomic E-state index is 12.3. The van der Waals surface area contributed by atoms with Gasteiger partial charge >= 0.3 is 0 Å². The Bertz CT molecular complexity index is 752. The van der Waals surface area contributed by atoms with Gasteiger partial charge in [0.05, 0.1) is 6.21 Å². The van der Waals surface area contributed by atoms with Gasteiger partial charge in [-0.2, -0.15) is 5.10 Å². The van der Waals surface area contributed by atoms with E-state index in [-0.39, 0.29) is 11.9 Å². The minimum Gasteiger partial charge on any atom is -0.271 e. The fourth-order valence-electron chi connectivity index (χ4n) is 3.73. The lowest BCUT2D eigenvalue weighted by Gasteiger charge is -2.14. The summed E-state index contributed by atoms with van der Waals surface area (Å²) in [5, 5.41) is 6.45. The van der Waals surface area contributed by atoms with Crippen molar-refractivity contribution in [2.45, 2.75) is 31.3 Å². The molecule has 5 nitrogen and oxygen atoms in total. The third-order valence-electron chi connectivity index (χ3n) is 4.91. The molecule has 1 heterocycles. The molecule has 0 bridgehead atoms. The summed E-state index contributed by atoms with van der Waals surface area (Å²) in [6, 6.07) is 14.5. The van der Waals surface area contributed by atoms with E-state index >= 15 is 0 Å². The molecule has 3 atom stereocenters. The summed E-state index contributed by atoms with van der Waals surface area (Å²) in [5.41, 5.74) is 10.00. The summed E-state index contributed by atoms with van der Waals surface area (Å²) in [5.74, 6) is 0.311. The van der Waals surface area contributed by atoms with Gasteiger partial charge in [-0.3, -0.25) is 10.2 Å². The van der Waals surface area contributed by atoms with Crippen LogP contribution in [0.1, 0.15) is 24.8 Å². The number of hydrogen-bond acceptors (Lipinski definition) is 4. The normalized spacial score (nSPS) is 26.7. The summed E-state index contributed by atoms with van der Waals surface area (Å²) in [4.78, 5) is 12.3. The van der Waals surface area contributed by atoms with Crippen LogP contribution in [0, 0.1) is 5.92 Å². The topological polar surface area (TPSA) is 65.5 Å². The number of nitrogens with one attached hydrogen (secondary N) is 3. The maximum atomic E-state index is 12.3. The number of hydrazine groups is 1. The first-order valence-electron chi connectivity index (χ1n) is 8.15. The van der Waals surface area contributed by atoms with Crippen molar-refractivity contribution in [1.29, 1.82) is 0 Å². The first-order chi connectivity index (χ1) is 11.3. The van der Waals surface area contributed by atoms with Gasteiger partial charge in [-0.25, -0.2) is 10.9 Å². The van der Waals surface area contributed by atoms with Gasteiger partial charge in [0.15, 0.2) is 0 Å². The molecular weight excluding hydrogens is 288 g/mol. The fraction of sp³-hybridized carbons (Fsp3) is 0.333. The summed E-state index contributed by atoms with van der Waals surface area (Å²) in [6.07, 6.45) is 5.14. The molecule has 3 N–H and O–H groups in total. The van der Waals surface area contributed by atoms with Crippen LogP contribution in [-0.4, -0.2) is 24.2 Å². The molecule has 1 amide bonds. The molecular formula is C18H20N4O. The Morgan fingerprint density at radius 2 is 2.00 bits per heavy atom. The quantitative estimate of drug-likeness (QED) is 0.600. The molecule has 23 heavy (non-hydrogen) atoms. The number of rotatable bonds is 3.